The maximum atomic E-state index is 4.37. The Morgan fingerprint density at radius 3 is 2.94 bits per heavy atom. The zero-order chi connectivity index (χ0) is 13.0. The van der Waals surface area contributed by atoms with Crippen molar-refractivity contribution in [1.29, 1.82) is 0 Å². The van der Waals surface area contributed by atoms with Gasteiger partial charge >= 0.3 is 0 Å². The summed E-state index contributed by atoms with van der Waals surface area (Å²) in [6.07, 6.45) is 3.28. The first-order valence-corrected chi connectivity index (χ1v) is 7.01. The van der Waals surface area contributed by atoms with Crippen LogP contribution in [-0.4, -0.2) is 35.6 Å². The molecule has 1 fully saturated rings. The van der Waals surface area contributed by atoms with E-state index in [2.05, 4.69) is 41.2 Å². The number of hydrogen-bond donors (Lipinski definition) is 1. The quantitative estimate of drug-likeness (QED) is 0.884. The van der Waals surface area contributed by atoms with Crippen LogP contribution in [-0.2, 0) is 6.54 Å². The third-order valence-corrected chi connectivity index (χ3v) is 3.47. The molecule has 1 atom stereocenters. The molecule has 1 N–H and O–H groups in total. The lowest BCUT2D eigenvalue weighted by atomic mass is 10.0. The van der Waals surface area contributed by atoms with Gasteiger partial charge in [-0.3, -0.25) is 9.88 Å². The fraction of sp³-hybridized carbons (Fsp3) is 0.667. The molecule has 0 saturated carbocycles. The van der Waals surface area contributed by atoms with Crippen molar-refractivity contribution in [2.45, 2.75) is 39.8 Å². The third kappa shape index (κ3) is 4.07. The molecule has 1 saturated heterocycles. The molecule has 3 nitrogen and oxygen atoms in total. The van der Waals surface area contributed by atoms with Gasteiger partial charge < -0.3 is 5.32 Å². The molecule has 0 spiro atoms. The van der Waals surface area contributed by atoms with E-state index in [1.807, 2.05) is 13.1 Å². The van der Waals surface area contributed by atoms with E-state index in [0.29, 0.717) is 6.04 Å². The van der Waals surface area contributed by atoms with Gasteiger partial charge in [-0.15, -0.1) is 0 Å². The summed E-state index contributed by atoms with van der Waals surface area (Å²) in [5, 5.41) is 3.62. The van der Waals surface area contributed by atoms with Gasteiger partial charge in [0, 0.05) is 44.1 Å². The molecule has 18 heavy (non-hydrogen) atoms. The zero-order valence-corrected chi connectivity index (χ0v) is 11.8. The minimum atomic E-state index is 0.650. The summed E-state index contributed by atoms with van der Waals surface area (Å²) in [5.74, 6) is 0.767. The van der Waals surface area contributed by atoms with Gasteiger partial charge in [-0.25, -0.2) is 0 Å². The van der Waals surface area contributed by atoms with E-state index in [-0.39, 0.29) is 0 Å². The Bertz CT molecular complexity index is 359. The van der Waals surface area contributed by atoms with Crippen molar-refractivity contribution < 1.29 is 0 Å². The number of aryl methyl sites for hydroxylation is 1. The highest BCUT2D eigenvalue weighted by molar-refractivity contribution is 5.13. The summed E-state index contributed by atoms with van der Waals surface area (Å²) >= 11 is 0. The number of piperazine rings is 1. The van der Waals surface area contributed by atoms with Crippen molar-refractivity contribution in [2.75, 3.05) is 19.6 Å². The summed E-state index contributed by atoms with van der Waals surface area (Å²) in [6, 6.07) is 4.95. The van der Waals surface area contributed by atoms with Crippen molar-refractivity contribution in [3.8, 4) is 0 Å². The second-order valence-corrected chi connectivity index (χ2v) is 5.82. The Morgan fingerprint density at radius 1 is 1.44 bits per heavy atom. The van der Waals surface area contributed by atoms with Gasteiger partial charge in [0.1, 0.15) is 0 Å². The summed E-state index contributed by atoms with van der Waals surface area (Å²) in [4.78, 5) is 6.91. The molecule has 0 amide bonds. The summed E-state index contributed by atoms with van der Waals surface area (Å²) < 4.78 is 0. The minimum Gasteiger partial charge on any atom is -0.311 e. The van der Waals surface area contributed by atoms with E-state index in [4.69, 9.17) is 0 Å². The number of nitrogens with one attached hydrogen (secondary N) is 1. The average molecular weight is 247 g/mol. The SMILES string of the molecule is Cc1ccc(CN2CCNC(CC(C)C)C2)cn1. The molecule has 3 heteroatoms. The predicted molar refractivity (Wildman–Crippen MR) is 75.5 cm³/mol. The Kier molecular flexibility index (Phi) is 4.72. The van der Waals surface area contributed by atoms with Crippen LogP contribution in [0.4, 0.5) is 0 Å². The Balaban J connectivity index is 1.87. The van der Waals surface area contributed by atoms with Gasteiger partial charge in [0.05, 0.1) is 0 Å². The molecule has 0 radical (unpaired) electrons. The van der Waals surface area contributed by atoms with Gasteiger partial charge in [-0.1, -0.05) is 19.9 Å². The van der Waals surface area contributed by atoms with Gasteiger partial charge in [-0.05, 0) is 30.9 Å². The maximum Gasteiger partial charge on any atom is 0.0372 e. The highest BCUT2D eigenvalue weighted by atomic mass is 15.2. The maximum absolute atomic E-state index is 4.37. The van der Waals surface area contributed by atoms with Gasteiger partial charge in [0.15, 0.2) is 0 Å². The van der Waals surface area contributed by atoms with Crippen LogP contribution in [0, 0.1) is 12.8 Å². The van der Waals surface area contributed by atoms with Gasteiger partial charge in [-0.2, -0.15) is 0 Å². The molecule has 1 unspecified atom stereocenters. The third-order valence-electron chi connectivity index (χ3n) is 3.47. The molecule has 1 aromatic rings. The van der Waals surface area contributed by atoms with E-state index in [1.165, 1.54) is 12.0 Å². The van der Waals surface area contributed by atoms with Crippen LogP contribution in [0.25, 0.3) is 0 Å². The van der Waals surface area contributed by atoms with E-state index in [1.54, 1.807) is 0 Å². The first-order chi connectivity index (χ1) is 8.63. The second-order valence-electron chi connectivity index (χ2n) is 5.82. The first-order valence-electron chi connectivity index (χ1n) is 7.01. The molecule has 0 bridgehead atoms. The van der Waals surface area contributed by atoms with Gasteiger partial charge in [0.2, 0.25) is 0 Å². The highest BCUT2D eigenvalue weighted by Gasteiger charge is 2.19. The van der Waals surface area contributed by atoms with Crippen LogP contribution in [0.3, 0.4) is 0 Å². The normalized spacial score (nSPS) is 21.4. The van der Waals surface area contributed by atoms with Crippen LogP contribution < -0.4 is 5.32 Å². The minimum absolute atomic E-state index is 0.650. The van der Waals surface area contributed by atoms with Gasteiger partial charge in [0.25, 0.3) is 0 Å². The van der Waals surface area contributed by atoms with Crippen molar-refractivity contribution in [2.24, 2.45) is 5.92 Å². The Morgan fingerprint density at radius 2 is 2.28 bits per heavy atom. The Hall–Kier alpha value is -0.930. The monoisotopic (exact) mass is 247 g/mol. The molecule has 100 valence electrons. The van der Waals surface area contributed by atoms with Crippen LogP contribution in [0.5, 0.6) is 0 Å². The zero-order valence-electron chi connectivity index (χ0n) is 11.8. The van der Waals surface area contributed by atoms with Crippen LogP contribution in [0.1, 0.15) is 31.5 Å². The molecule has 1 aliphatic heterocycles. The largest absolute Gasteiger partial charge is 0.311 e. The van der Waals surface area contributed by atoms with Crippen molar-refractivity contribution in [3.63, 3.8) is 0 Å². The van der Waals surface area contributed by atoms with Crippen LogP contribution in [0.15, 0.2) is 18.3 Å². The summed E-state index contributed by atoms with van der Waals surface area (Å²) in [7, 11) is 0. The predicted octanol–water partition coefficient (Wildman–Crippen LogP) is 2.21. The summed E-state index contributed by atoms with van der Waals surface area (Å²) in [6.45, 7) is 11.1. The summed E-state index contributed by atoms with van der Waals surface area (Å²) in [5.41, 5.74) is 2.42. The molecule has 0 aliphatic carbocycles. The van der Waals surface area contributed by atoms with E-state index < -0.39 is 0 Å². The number of nitrogens with zero attached hydrogens (tertiary/aromatic N) is 2. The lowest BCUT2D eigenvalue weighted by Crippen LogP contribution is -2.50. The average Bonchev–Trinajstić information content (AvgIpc) is 2.32. The first kappa shape index (κ1) is 13.5. The van der Waals surface area contributed by atoms with E-state index >= 15 is 0 Å². The number of pyridine rings is 1. The second kappa shape index (κ2) is 6.30. The molecule has 0 aromatic carbocycles. The topological polar surface area (TPSA) is 28.2 Å². The fourth-order valence-corrected chi connectivity index (χ4v) is 2.61. The van der Waals surface area contributed by atoms with Crippen molar-refractivity contribution in [1.82, 2.24) is 15.2 Å². The molecule has 1 aliphatic rings. The number of hydrogen-bond acceptors (Lipinski definition) is 3. The molecular formula is C15H25N3. The van der Waals surface area contributed by atoms with Crippen molar-refractivity contribution in [3.05, 3.63) is 29.6 Å². The standard InChI is InChI=1S/C15H25N3/c1-12(2)8-15-11-18(7-6-16-15)10-14-5-4-13(3)17-9-14/h4-5,9,12,15-16H,6-8,10-11H2,1-3H3. The molecule has 1 aromatic heterocycles. The number of rotatable bonds is 4. The smallest absolute Gasteiger partial charge is 0.0372 e. The molecular weight excluding hydrogens is 222 g/mol. The molecule has 2 heterocycles. The Labute approximate surface area is 111 Å². The van der Waals surface area contributed by atoms with E-state index in [9.17, 15) is 0 Å². The van der Waals surface area contributed by atoms with Crippen LogP contribution in [0.2, 0.25) is 0 Å². The van der Waals surface area contributed by atoms with Crippen LogP contribution >= 0.6 is 0 Å². The number of aromatic nitrogens is 1. The van der Waals surface area contributed by atoms with E-state index in [0.717, 1.165) is 37.8 Å². The lowest BCUT2D eigenvalue weighted by Gasteiger charge is -2.34. The van der Waals surface area contributed by atoms with Crippen molar-refractivity contribution >= 4 is 0 Å². The highest BCUT2D eigenvalue weighted by Crippen LogP contribution is 2.12. The molecule has 2 rings (SSSR count). The lowest BCUT2D eigenvalue weighted by molar-refractivity contribution is 0.179. The fourth-order valence-electron chi connectivity index (χ4n) is 2.61.